The minimum Gasteiger partial charge on any atom is -0.756 e. The van der Waals surface area contributed by atoms with E-state index in [1.54, 1.807) is 0 Å². The van der Waals surface area contributed by atoms with Crippen molar-refractivity contribution in [2.45, 2.75) is 174 Å². The number of hydrogen-bond donors (Lipinski definition) is 0. The number of likely N-dealkylation sites (N-methyl/N-ethyl adjacent to an activating group) is 1. The molecule has 63 heavy (non-hydrogen) atoms. The summed E-state index contributed by atoms with van der Waals surface area (Å²) in [4.78, 5) is 25.2. The maximum Gasteiger partial charge on any atom is 0.306 e. The lowest BCUT2D eigenvalue weighted by Crippen LogP contribution is -2.37. The average Bonchev–Trinajstić information content (AvgIpc) is 3.24. The number of quaternary nitrogens is 1. The average molecular weight is 898 g/mol. The molecule has 8 nitrogen and oxygen atoms in total. The van der Waals surface area contributed by atoms with Crippen LogP contribution in [0, 0.1) is 0 Å². The molecule has 2 unspecified atom stereocenters. The summed E-state index contributed by atoms with van der Waals surface area (Å²) in [6.07, 6.45) is 63.9. The summed E-state index contributed by atoms with van der Waals surface area (Å²) in [6, 6.07) is 0. The molecule has 0 aromatic rings. The quantitative estimate of drug-likeness (QED) is 0.0198. The molecule has 9 heteroatoms. The van der Waals surface area contributed by atoms with E-state index < -0.39 is 13.9 Å². The zero-order valence-electron chi connectivity index (χ0n) is 40.7. The van der Waals surface area contributed by atoms with Crippen LogP contribution in [-0.4, -0.2) is 70.7 Å². The van der Waals surface area contributed by atoms with Crippen LogP contribution in [-0.2, 0) is 27.9 Å². The van der Waals surface area contributed by atoms with Gasteiger partial charge in [0.25, 0.3) is 7.82 Å². The van der Waals surface area contributed by atoms with Crippen molar-refractivity contribution in [1.82, 2.24) is 0 Å². The highest BCUT2D eigenvalue weighted by Gasteiger charge is 2.20. The number of nitrogens with zero attached hydrogens (tertiary/aromatic N) is 1. The molecular formula is C54H92NO7P. The summed E-state index contributed by atoms with van der Waals surface area (Å²) in [5, 5.41) is 0. The third kappa shape index (κ3) is 50.0. The SMILES string of the molecule is CC/C=C\C/C=C\C/C=C\C/C=C\C/C=C\C/C=C\CCCCCCC(=O)OC(COCCCCCCCCCC/C=C\C/C=C\C/C=C\CC)COP(=O)([O-])OCC[N+](C)(C)C. The number of carbonyl (C=O) groups is 1. The van der Waals surface area contributed by atoms with Crippen LogP contribution < -0.4 is 4.89 Å². The van der Waals surface area contributed by atoms with Gasteiger partial charge in [-0.1, -0.05) is 175 Å². The molecule has 0 radical (unpaired) electrons. The Balaban J connectivity index is 4.28. The van der Waals surface area contributed by atoms with Crippen LogP contribution in [0.3, 0.4) is 0 Å². The van der Waals surface area contributed by atoms with Gasteiger partial charge >= 0.3 is 5.97 Å². The largest absolute Gasteiger partial charge is 0.756 e. The number of esters is 1. The van der Waals surface area contributed by atoms with Crippen molar-refractivity contribution in [1.29, 1.82) is 0 Å². The van der Waals surface area contributed by atoms with Crippen molar-refractivity contribution < 1.29 is 37.3 Å². The van der Waals surface area contributed by atoms with Crippen molar-refractivity contribution >= 4 is 13.8 Å². The predicted molar refractivity (Wildman–Crippen MR) is 268 cm³/mol. The lowest BCUT2D eigenvalue weighted by molar-refractivity contribution is -0.870. The van der Waals surface area contributed by atoms with Crippen molar-refractivity contribution in [3.63, 3.8) is 0 Å². The zero-order chi connectivity index (χ0) is 46.2. The second kappa shape index (κ2) is 45.7. The predicted octanol–water partition coefficient (Wildman–Crippen LogP) is 14.5. The van der Waals surface area contributed by atoms with Gasteiger partial charge in [-0.05, 0) is 96.3 Å². The maximum absolute atomic E-state index is 12.7. The maximum atomic E-state index is 12.7. The molecule has 0 spiro atoms. The molecule has 0 fully saturated rings. The number of phosphoric acid groups is 1. The standard InChI is InChI=1S/C54H92NO7P/c1-6-8-10-12-14-16-18-20-22-24-26-27-28-29-30-31-33-35-37-39-41-43-45-47-54(56)62-53(52-61-63(57,58)60-50-48-55(3,4)5)51-59-49-46-44-42-40-38-36-34-32-25-23-21-19-17-15-13-11-9-7-2/h8-11,14-17,20-23,26-27,29-30,33,35,53H,6-7,12-13,18-19,24-25,28,31-32,34,36-52H2,1-5H3/b10-8-,11-9-,16-14-,17-15-,22-20-,23-21-,27-26-,30-29-,35-33-. The van der Waals surface area contributed by atoms with Gasteiger partial charge in [0.05, 0.1) is 34.4 Å². The minimum atomic E-state index is -4.55. The highest BCUT2D eigenvalue weighted by Crippen LogP contribution is 2.38. The Kier molecular flexibility index (Phi) is 43.7. The van der Waals surface area contributed by atoms with Gasteiger partial charge in [0, 0.05) is 13.0 Å². The topological polar surface area (TPSA) is 94.1 Å². The molecule has 0 aromatic carbocycles. The second-order valence-electron chi connectivity index (χ2n) is 17.1. The third-order valence-electron chi connectivity index (χ3n) is 9.82. The van der Waals surface area contributed by atoms with Gasteiger partial charge in [0.15, 0.2) is 0 Å². The summed E-state index contributed by atoms with van der Waals surface area (Å²) in [5.41, 5.74) is 0. The Bertz CT molecular complexity index is 1370. The smallest absolute Gasteiger partial charge is 0.306 e. The van der Waals surface area contributed by atoms with Crippen LogP contribution in [0.15, 0.2) is 109 Å². The monoisotopic (exact) mass is 898 g/mol. The van der Waals surface area contributed by atoms with Crippen molar-refractivity contribution in [3.05, 3.63) is 109 Å². The van der Waals surface area contributed by atoms with Crippen LogP contribution >= 0.6 is 7.82 Å². The fraction of sp³-hybridized carbons (Fsp3) is 0.648. The first-order chi connectivity index (χ1) is 30.6. The number of carbonyl (C=O) groups excluding carboxylic acids is 1. The summed E-state index contributed by atoms with van der Waals surface area (Å²) in [7, 11) is 1.31. The van der Waals surface area contributed by atoms with E-state index in [-0.39, 0.29) is 32.2 Å². The van der Waals surface area contributed by atoms with Gasteiger partial charge in [-0.3, -0.25) is 9.36 Å². The number of ether oxygens (including phenoxy) is 2. The van der Waals surface area contributed by atoms with Crippen molar-refractivity contribution in [2.75, 3.05) is 54.1 Å². The van der Waals surface area contributed by atoms with Crippen LogP contribution in [0.2, 0.25) is 0 Å². The highest BCUT2D eigenvalue weighted by molar-refractivity contribution is 7.45. The van der Waals surface area contributed by atoms with Gasteiger partial charge < -0.3 is 27.9 Å². The Morgan fingerprint density at radius 1 is 0.492 bits per heavy atom. The molecule has 0 amide bonds. The molecule has 0 N–H and O–H groups in total. The molecular weight excluding hydrogens is 806 g/mol. The summed E-state index contributed by atoms with van der Waals surface area (Å²) >= 11 is 0. The molecule has 0 bridgehead atoms. The molecule has 0 aromatic heterocycles. The first kappa shape index (κ1) is 60.2. The van der Waals surface area contributed by atoms with Gasteiger partial charge in [-0.15, -0.1) is 0 Å². The number of hydrogen-bond acceptors (Lipinski definition) is 7. The number of allylic oxidation sites excluding steroid dienone is 18. The Hall–Kier alpha value is -2.84. The molecule has 360 valence electrons. The summed E-state index contributed by atoms with van der Waals surface area (Å²) < 4.78 is 34.7. The van der Waals surface area contributed by atoms with Gasteiger partial charge in [-0.25, -0.2) is 0 Å². The number of unbranched alkanes of at least 4 members (excludes halogenated alkanes) is 12. The normalized spacial score (nSPS) is 14.6. The summed E-state index contributed by atoms with van der Waals surface area (Å²) in [6.45, 7) is 5.11. The molecule has 0 saturated heterocycles. The Morgan fingerprint density at radius 2 is 0.873 bits per heavy atom. The van der Waals surface area contributed by atoms with Gasteiger partial charge in [-0.2, -0.15) is 0 Å². The molecule has 0 rings (SSSR count). The third-order valence-corrected chi connectivity index (χ3v) is 10.8. The van der Waals surface area contributed by atoms with Crippen LogP contribution in [0.4, 0.5) is 0 Å². The fourth-order valence-corrected chi connectivity index (χ4v) is 6.82. The molecule has 0 aliphatic carbocycles. The van der Waals surface area contributed by atoms with Crippen LogP contribution in [0.1, 0.15) is 168 Å². The summed E-state index contributed by atoms with van der Waals surface area (Å²) in [5.74, 6) is -0.366. The van der Waals surface area contributed by atoms with Crippen molar-refractivity contribution in [3.8, 4) is 0 Å². The number of phosphoric ester groups is 1. The Morgan fingerprint density at radius 3 is 1.30 bits per heavy atom. The van der Waals surface area contributed by atoms with E-state index in [2.05, 4.69) is 123 Å². The van der Waals surface area contributed by atoms with Gasteiger partial charge in [0.1, 0.15) is 19.3 Å². The first-order valence-corrected chi connectivity index (χ1v) is 26.1. The van der Waals surface area contributed by atoms with E-state index in [1.807, 2.05) is 21.1 Å². The lowest BCUT2D eigenvalue weighted by atomic mass is 10.1. The molecule has 0 aliphatic heterocycles. The zero-order valence-corrected chi connectivity index (χ0v) is 41.6. The van der Waals surface area contributed by atoms with E-state index in [4.69, 9.17) is 18.5 Å². The van der Waals surface area contributed by atoms with E-state index >= 15 is 0 Å². The number of rotatable bonds is 44. The van der Waals surface area contributed by atoms with Crippen LogP contribution in [0.5, 0.6) is 0 Å². The first-order valence-electron chi connectivity index (χ1n) is 24.6. The van der Waals surface area contributed by atoms with E-state index in [9.17, 15) is 14.3 Å². The molecule has 0 heterocycles. The second-order valence-corrected chi connectivity index (χ2v) is 18.5. The van der Waals surface area contributed by atoms with Gasteiger partial charge in [0.2, 0.25) is 0 Å². The van der Waals surface area contributed by atoms with Crippen LogP contribution in [0.25, 0.3) is 0 Å². The molecule has 2 atom stereocenters. The van der Waals surface area contributed by atoms with Crippen molar-refractivity contribution in [2.24, 2.45) is 0 Å². The molecule has 0 aliphatic rings. The van der Waals surface area contributed by atoms with E-state index in [0.29, 0.717) is 17.6 Å². The fourth-order valence-electron chi connectivity index (χ4n) is 6.09. The lowest BCUT2D eigenvalue weighted by Gasteiger charge is -2.28. The molecule has 0 saturated carbocycles. The van der Waals surface area contributed by atoms with E-state index in [1.165, 1.54) is 32.1 Å². The highest BCUT2D eigenvalue weighted by atomic mass is 31.2. The Labute approximate surface area is 387 Å². The van der Waals surface area contributed by atoms with E-state index in [0.717, 1.165) is 116 Å². The minimum absolute atomic E-state index is 0.0124.